The highest BCUT2D eigenvalue weighted by molar-refractivity contribution is 7.21. The van der Waals surface area contributed by atoms with Crippen molar-refractivity contribution in [2.45, 2.75) is 103 Å². The lowest BCUT2D eigenvalue weighted by Gasteiger charge is -2.34. The first kappa shape index (κ1) is 26.2. The van der Waals surface area contributed by atoms with Gasteiger partial charge in [-0.15, -0.1) is 11.3 Å². The predicted octanol–water partition coefficient (Wildman–Crippen LogP) is 4.19. The zero-order valence-corrected chi connectivity index (χ0v) is 23.1. The van der Waals surface area contributed by atoms with Crippen LogP contribution >= 0.6 is 11.3 Å². The number of rotatable bonds is 6. The van der Waals surface area contributed by atoms with E-state index in [9.17, 15) is 15.3 Å². The van der Waals surface area contributed by atoms with Gasteiger partial charge in [0.15, 0.2) is 0 Å². The zero-order valence-electron chi connectivity index (χ0n) is 22.2. The third kappa shape index (κ3) is 5.16. The number of aliphatic hydroxyl groups is 3. The molecule has 0 spiro atoms. The number of aliphatic hydroxyl groups excluding tert-OH is 2. The average Bonchev–Trinajstić information content (AvgIpc) is 3.36. The molecule has 2 aliphatic rings. The van der Waals surface area contributed by atoms with Crippen LogP contribution < -0.4 is 10.6 Å². The Labute approximate surface area is 221 Å². The quantitative estimate of drug-likeness (QED) is 0.320. The Morgan fingerprint density at radius 2 is 1.76 bits per heavy atom. The maximum atomic E-state index is 10.9. The lowest BCUT2D eigenvalue weighted by Crippen LogP contribution is -2.40. The normalized spacial score (nSPS) is 25.9. The Kier molecular flexibility index (Phi) is 6.89. The molecule has 0 saturated heterocycles. The molecule has 2 fully saturated rings. The van der Waals surface area contributed by atoms with E-state index in [4.69, 9.17) is 15.0 Å². The van der Waals surface area contributed by atoms with Gasteiger partial charge in [0.1, 0.15) is 22.4 Å². The van der Waals surface area contributed by atoms with E-state index in [2.05, 4.69) is 22.5 Å². The second-order valence-corrected chi connectivity index (χ2v) is 12.6. The smallest absolute Gasteiger partial charge is 0.225 e. The van der Waals surface area contributed by atoms with Gasteiger partial charge < -0.3 is 26.0 Å². The number of nitrogens with one attached hydrogen (secondary N) is 2. The van der Waals surface area contributed by atoms with Crippen molar-refractivity contribution in [1.82, 2.24) is 19.9 Å². The Bertz CT molecular complexity index is 1280. The van der Waals surface area contributed by atoms with Crippen LogP contribution in [0.4, 0.5) is 11.8 Å². The summed E-state index contributed by atoms with van der Waals surface area (Å²) in [5.41, 5.74) is 2.06. The first-order valence-electron chi connectivity index (χ1n) is 13.2. The van der Waals surface area contributed by atoms with Gasteiger partial charge in [-0.3, -0.25) is 4.98 Å². The topological polar surface area (TPSA) is 136 Å². The summed E-state index contributed by atoms with van der Waals surface area (Å²) in [7, 11) is 0. The molecule has 3 aromatic rings. The maximum Gasteiger partial charge on any atom is 0.225 e. The monoisotopic (exact) mass is 526 g/mol. The van der Waals surface area contributed by atoms with Crippen LogP contribution in [0.15, 0.2) is 12.3 Å². The zero-order chi connectivity index (χ0) is 26.5. The molecule has 2 saturated carbocycles. The summed E-state index contributed by atoms with van der Waals surface area (Å²) in [4.78, 5) is 19.0. The van der Waals surface area contributed by atoms with E-state index in [1.54, 1.807) is 31.4 Å². The number of aromatic nitrogens is 4. The summed E-state index contributed by atoms with van der Waals surface area (Å²) < 4.78 is 1.03. The second-order valence-electron chi connectivity index (χ2n) is 11.6. The molecule has 3 heterocycles. The SMILES string of the molecule is Cc1nc(NC2(C)CCCCC2)nc(N[C@@H]2C[C@H](C(C)(C)O)[C@@H](O)[C@H]2O)c1-c1nc2c(C)nccc2s1. The van der Waals surface area contributed by atoms with Gasteiger partial charge >= 0.3 is 0 Å². The summed E-state index contributed by atoms with van der Waals surface area (Å²) in [5, 5.41) is 40.0. The number of hydrogen-bond donors (Lipinski definition) is 5. The number of thiazole rings is 1. The van der Waals surface area contributed by atoms with Crippen molar-refractivity contribution in [3.8, 4) is 10.6 Å². The van der Waals surface area contributed by atoms with Gasteiger partial charge in [0.25, 0.3) is 0 Å². The standard InChI is InChI=1S/C27H38N6O3S/c1-14-19(24-31-20-15(2)28-12-9-18(20)37-24)23(30-17-13-16(26(3,4)36)21(34)22(17)35)32-25(29-14)33-27(5)10-7-6-8-11-27/h9,12,16-17,21-22,34-36H,6-8,10-11,13H2,1-5H3,(H2,29,30,32,33)/t16-,17+,21+,22-/m0/s1. The first-order chi connectivity index (χ1) is 17.4. The van der Waals surface area contributed by atoms with Crippen molar-refractivity contribution in [2.75, 3.05) is 10.6 Å². The highest BCUT2D eigenvalue weighted by Crippen LogP contribution is 2.41. The average molecular weight is 527 g/mol. The number of fused-ring (bicyclic) bond motifs is 1. The van der Waals surface area contributed by atoms with Crippen LogP contribution in [0.5, 0.6) is 0 Å². The van der Waals surface area contributed by atoms with E-state index in [-0.39, 0.29) is 5.54 Å². The fraction of sp³-hybridized carbons (Fsp3) is 0.630. The van der Waals surface area contributed by atoms with Crippen molar-refractivity contribution in [3.05, 3.63) is 23.7 Å². The maximum absolute atomic E-state index is 10.9. The Morgan fingerprint density at radius 3 is 2.41 bits per heavy atom. The molecule has 10 heteroatoms. The fourth-order valence-corrected chi connectivity index (χ4v) is 6.97. The molecule has 0 bridgehead atoms. The molecule has 4 atom stereocenters. The molecule has 0 aromatic carbocycles. The van der Waals surface area contributed by atoms with Crippen molar-refractivity contribution >= 4 is 33.3 Å². The molecule has 0 aliphatic heterocycles. The third-order valence-corrected chi connectivity index (χ3v) is 9.11. The highest BCUT2D eigenvalue weighted by Gasteiger charge is 2.48. The predicted molar refractivity (Wildman–Crippen MR) is 147 cm³/mol. The van der Waals surface area contributed by atoms with E-state index in [1.807, 2.05) is 19.9 Å². The minimum Gasteiger partial charge on any atom is -0.390 e. The van der Waals surface area contributed by atoms with Crippen LogP contribution in [0.2, 0.25) is 0 Å². The van der Waals surface area contributed by atoms with Crippen LogP contribution in [0, 0.1) is 19.8 Å². The van der Waals surface area contributed by atoms with E-state index in [0.717, 1.165) is 45.0 Å². The van der Waals surface area contributed by atoms with Gasteiger partial charge in [0.05, 0.1) is 39.4 Å². The molecule has 0 amide bonds. The van der Waals surface area contributed by atoms with E-state index in [0.29, 0.717) is 18.2 Å². The first-order valence-corrected chi connectivity index (χ1v) is 14.0. The molecule has 5 rings (SSSR count). The number of anilines is 2. The minimum atomic E-state index is -1.12. The summed E-state index contributed by atoms with van der Waals surface area (Å²) in [5.74, 6) is 0.632. The summed E-state index contributed by atoms with van der Waals surface area (Å²) in [6.45, 7) is 9.45. The number of hydrogen-bond acceptors (Lipinski definition) is 10. The summed E-state index contributed by atoms with van der Waals surface area (Å²) >= 11 is 1.55. The van der Waals surface area contributed by atoms with Crippen molar-refractivity contribution in [3.63, 3.8) is 0 Å². The Morgan fingerprint density at radius 1 is 1.03 bits per heavy atom. The third-order valence-electron chi connectivity index (χ3n) is 8.08. The van der Waals surface area contributed by atoms with Crippen molar-refractivity contribution in [2.24, 2.45) is 5.92 Å². The Hall–Kier alpha value is -2.40. The lowest BCUT2D eigenvalue weighted by atomic mass is 9.83. The van der Waals surface area contributed by atoms with Gasteiger partial charge in [0.2, 0.25) is 5.95 Å². The molecule has 0 radical (unpaired) electrons. The van der Waals surface area contributed by atoms with E-state index < -0.39 is 29.8 Å². The highest BCUT2D eigenvalue weighted by atomic mass is 32.1. The number of nitrogens with zero attached hydrogens (tertiary/aromatic N) is 4. The molecule has 3 aromatic heterocycles. The van der Waals surface area contributed by atoms with Crippen LogP contribution in [-0.2, 0) is 0 Å². The molecule has 5 N–H and O–H groups in total. The summed E-state index contributed by atoms with van der Waals surface area (Å²) in [6, 6.07) is 1.47. The van der Waals surface area contributed by atoms with Gasteiger partial charge in [-0.2, -0.15) is 4.98 Å². The van der Waals surface area contributed by atoms with Crippen LogP contribution in [0.1, 0.15) is 70.7 Å². The van der Waals surface area contributed by atoms with Gasteiger partial charge in [0, 0.05) is 17.7 Å². The van der Waals surface area contributed by atoms with Crippen LogP contribution in [0.25, 0.3) is 20.8 Å². The Balaban J connectivity index is 1.56. The van der Waals surface area contributed by atoms with E-state index in [1.165, 1.54) is 19.3 Å². The fourth-order valence-electron chi connectivity index (χ4n) is 5.86. The number of pyridine rings is 1. The second kappa shape index (κ2) is 9.72. The molecule has 37 heavy (non-hydrogen) atoms. The molecular weight excluding hydrogens is 488 g/mol. The molecule has 200 valence electrons. The van der Waals surface area contributed by atoms with E-state index >= 15 is 0 Å². The van der Waals surface area contributed by atoms with Crippen LogP contribution in [-0.4, -0.2) is 64.6 Å². The number of aryl methyl sites for hydroxylation is 2. The largest absolute Gasteiger partial charge is 0.390 e. The van der Waals surface area contributed by atoms with Gasteiger partial charge in [-0.25, -0.2) is 9.97 Å². The molecule has 9 nitrogen and oxygen atoms in total. The molecule has 2 aliphatic carbocycles. The lowest BCUT2D eigenvalue weighted by molar-refractivity contribution is -0.0601. The van der Waals surface area contributed by atoms with Gasteiger partial charge in [-0.05, 0) is 59.9 Å². The van der Waals surface area contributed by atoms with Crippen molar-refractivity contribution < 1.29 is 15.3 Å². The van der Waals surface area contributed by atoms with Crippen molar-refractivity contribution in [1.29, 1.82) is 0 Å². The van der Waals surface area contributed by atoms with Crippen LogP contribution in [0.3, 0.4) is 0 Å². The summed E-state index contributed by atoms with van der Waals surface area (Å²) in [6.07, 6.45) is 5.82. The minimum absolute atomic E-state index is 0.0722. The molecular formula is C27H38N6O3S. The van der Waals surface area contributed by atoms with Gasteiger partial charge in [-0.1, -0.05) is 19.3 Å². The molecule has 0 unspecified atom stereocenters.